The standard InChI is InChI=1S/C18H17NO/c1-19(2)12-18(20)16-9-5-8-15-10-13-6-3-4-7-14(13)11-17(15)16/h3-11H,12H2,1-2H3. The zero-order valence-corrected chi connectivity index (χ0v) is 11.8. The van der Waals surface area contributed by atoms with Crippen molar-refractivity contribution in [3.8, 4) is 0 Å². The van der Waals surface area contributed by atoms with Gasteiger partial charge in [-0.1, -0.05) is 42.5 Å². The van der Waals surface area contributed by atoms with Crippen LogP contribution in [0.1, 0.15) is 10.4 Å². The summed E-state index contributed by atoms with van der Waals surface area (Å²) in [5, 5.41) is 4.54. The normalized spacial score (nSPS) is 11.3. The Bertz CT molecular complexity index is 790. The molecule has 0 saturated carbocycles. The summed E-state index contributed by atoms with van der Waals surface area (Å²) in [4.78, 5) is 14.3. The number of fused-ring (bicyclic) bond motifs is 2. The van der Waals surface area contributed by atoms with Gasteiger partial charge in [0.1, 0.15) is 0 Å². The zero-order valence-electron chi connectivity index (χ0n) is 11.8. The molecule has 0 aliphatic rings. The van der Waals surface area contributed by atoms with Crippen molar-refractivity contribution >= 4 is 27.3 Å². The molecule has 3 rings (SSSR count). The first-order valence-electron chi connectivity index (χ1n) is 6.74. The maximum atomic E-state index is 12.4. The van der Waals surface area contributed by atoms with Crippen LogP contribution in [-0.2, 0) is 0 Å². The molecular weight excluding hydrogens is 246 g/mol. The van der Waals surface area contributed by atoms with Gasteiger partial charge < -0.3 is 4.90 Å². The number of hydrogen-bond donors (Lipinski definition) is 0. The van der Waals surface area contributed by atoms with Crippen molar-refractivity contribution in [1.29, 1.82) is 0 Å². The lowest BCUT2D eigenvalue weighted by molar-refractivity contribution is 0.0959. The summed E-state index contributed by atoms with van der Waals surface area (Å²) in [5.74, 6) is 0.163. The number of nitrogens with zero attached hydrogens (tertiary/aromatic N) is 1. The van der Waals surface area contributed by atoms with E-state index in [0.29, 0.717) is 6.54 Å². The van der Waals surface area contributed by atoms with Crippen LogP contribution in [0.4, 0.5) is 0 Å². The smallest absolute Gasteiger partial charge is 0.177 e. The second kappa shape index (κ2) is 5.06. The lowest BCUT2D eigenvalue weighted by Crippen LogP contribution is -2.21. The van der Waals surface area contributed by atoms with Crippen LogP contribution in [0.25, 0.3) is 21.5 Å². The first-order chi connectivity index (χ1) is 9.65. The molecule has 0 saturated heterocycles. The Morgan fingerprint density at radius 2 is 1.55 bits per heavy atom. The topological polar surface area (TPSA) is 20.3 Å². The minimum atomic E-state index is 0.163. The van der Waals surface area contributed by atoms with Crippen LogP contribution >= 0.6 is 0 Å². The van der Waals surface area contributed by atoms with Gasteiger partial charge in [0.15, 0.2) is 5.78 Å². The van der Waals surface area contributed by atoms with Crippen molar-refractivity contribution in [1.82, 2.24) is 4.90 Å². The SMILES string of the molecule is CN(C)CC(=O)c1cccc2cc3ccccc3cc12. The molecule has 0 aromatic heterocycles. The Labute approximate surface area is 118 Å². The molecule has 2 heteroatoms. The minimum Gasteiger partial charge on any atom is -0.302 e. The summed E-state index contributed by atoms with van der Waals surface area (Å²) in [5.41, 5.74) is 0.807. The molecule has 0 N–H and O–H groups in total. The van der Waals surface area contributed by atoms with Gasteiger partial charge >= 0.3 is 0 Å². The van der Waals surface area contributed by atoms with E-state index in [9.17, 15) is 4.79 Å². The molecule has 0 radical (unpaired) electrons. The minimum absolute atomic E-state index is 0.163. The van der Waals surface area contributed by atoms with Gasteiger partial charge in [-0.15, -0.1) is 0 Å². The lowest BCUT2D eigenvalue weighted by atomic mass is 9.97. The molecular formula is C18H17NO. The molecule has 100 valence electrons. The number of Topliss-reactive ketones (excluding diaryl/α,β-unsaturated/α-hetero) is 1. The van der Waals surface area contributed by atoms with E-state index in [2.05, 4.69) is 30.3 Å². The highest BCUT2D eigenvalue weighted by Gasteiger charge is 2.11. The van der Waals surface area contributed by atoms with Gasteiger partial charge in [-0.2, -0.15) is 0 Å². The van der Waals surface area contributed by atoms with Gasteiger partial charge in [-0.25, -0.2) is 0 Å². The molecule has 3 aromatic rings. The van der Waals surface area contributed by atoms with Crippen molar-refractivity contribution in [3.05, 3.63) is 60.2 Å². The predicted molar refractivity (Wildman–Crippen MR) is 84.3 cm³/mol. The van der Waals surface area contributed by atoms with Gasteiger partial charge in [0, 0.05) is 5.56 Å². The van der Waals surface area contributed by atoms with Crippen LogP contribution in [0.2, 0.25) is 0 Å². The second-order valence-electron chi connectivity index (χ2n) is 5.39. The van der Waals surface area contributed by atoms with Crippen molar-refractivity contribution in [2.24, 2.45) is 0 Å². The highest BCUT2D eigenvalue weighted by molar-refractivity contribution is 6.12. The number of benzene rings is 3. The Kier molecular flexibility index (Phi) is 3.25. The predicted octanol–water partition coefficient (Wildman–Crippen LogP) is 3.74. The van der Waals surface area contributed by atoms with E-state index >= 15 is 0 Å². The van der Waals surface area contributed by atoms with E-state index in [0.717, 1.165) is 16.3 Å². The third-order valence-electron chi connectivity index (χ3n) is 3.51. The van der Waals surface area contributed by atoms with E-state index in [-0.39, 0.29) is 5.78 Å². The fourth-order valence-electron chi connectivity index (χ4n) is 2.58. The highest BCUT2D eigenvalue weighted by Crippen LogP contribution is 2.25. The monoisotopic (exact) mass is 263 g/mol. The Balaban J connectivity index is 2.22. The van der Waals surface area contributed by atoms with E-state index in [1.165, 1.54) is 10.8 Å². The van der Waals surface area contributed by atoms with E-state index in [1.807, 2.05) is 43.3 Å². The zero-order chi connectivity index (χ0) is 14.1. The first-order valence-corrected chi connectivity index (χ1v) is 6.74. The number of carbonyl (C=O) groups is 1. The molecule has 20 heavy (non-hydrogen) atoms. The van der Waals surface area contributed by atoms with Gasteiger partial charge in [-0.05, 0) is 47.8 Å². The number of ketones is 1. The Hall–Kier alpha value is -2.19. The maximum Gasteiger partial charge on any atom is 0.177 e. The van der Waals surface area contributed by atoms with E-state index in [4.69, 9.17) is 0 Å². The Morgan fingerprint density at radius 3 is 2.25 bits per heavy atom. The van der Waals surface area contributed by atoms with E-state index < -0.39 is 0 Å². The third kappa shape index (κ3) is 2.30. The third-order valence-corrected chi connectivity index (χ3v) is 3.51. The van der Waals surface area contributed by atoms with Crippen LogP contribution in [0.3, 0.4) is 0 Å². The molecule has 0 spiro atoms. The van der Waals surface area contributed by atoms with Crippen molar-refractivity contribution in [3.63, 3.8) is 0 Å². The maximum absolute atomic E-state index is 12.4. The second-order valence-corrected chi connectivity index (χ2v) is 5.39. The first kappa shape index (κ1) is 12.8. The van der Waals surface area contributed by atoms with Crippen molar-refractivity contribution in [2.75, 3.05) is 20.6 Å². The van der Waals surface area contributed by atoms with Gasteiger partial charge in [0.2, 0.25) is 0 Å². The number of hydrogen-bond acceptors (Lipinski definition) is 2. The van der Waals surface area contributed by atoms with Crippen LogP contribution in [-0.4, -0.2) is 31.3 Å². The molecule has 0 bridgehead atoms. The highest BCUT2D eigenvalue weighted by atomic mass is 16.1. The fourth-order valence-corrected chi connectivity index (χ4v) is 2.58. The number of likely N-dealkylation sites (N-methyl/N-ethyl adjacent to an activating group) is 1. The summed E-state index contributed by atoms with van der Waals surface area (Å²) in [6.45, 7) is 0.436. The molecule has 0 aliphatic carbocycles. The van der Waals surface area contributed by atoms with Crippen molar-refractivity contribution < 1.29 is 4.79 Å². The van der Waals surface area contributed by atoms with E-state index in [1.54, 1.807) is 0 Å². The lowest BCUT2D eigenvalue weighted by Gasteiger charge is -2.11. The molecule has 0 fully saturated rings. The van der Waals surface area contributed by atoms with Crippen LogP contribution in [0.5, 0.6) is 0 Å². The summed E-state index contributed by atoms with van der Waals surface area (Å²) in [6.07, 6.45) is 0. The molecule has 3 aromatic carbocycles. The van der Waals surface area contributed by atoms with Crippen LogP contribution in [0.15, 0.2) is 54.6 Å². The summed E-state index contributed by atoms with van der Waals surface area (Å²) < 4.78 is 0. The molecule has 0 amide bonds. The summed E-state index contributed by atoms with van der Waals surface area (Å²) in [6, 6.07) is 18.5. The van der Waals surface area contributed by atoms with Gasteiger partial charge in [0.05, 0.1) is 6.54 Å². The molecule has 0 aliphatic heterocycles. The quantitative estimate of drug-likeness (QED) is 0.530. The fraction of sp³-hybridized carbons (Fsp3) is 0.167. The largest absolute Gasteiger partial charge is 0.302 e. The summed E-state index contributed by atoms with van der Waals surface area (Å²) >= 11 is 0. The number of carbonyl (C=O) groups excluding carboxylic acids is 1. The molecule has 0 unspecified atom stereocenters. The van der Waals surface area contributed by atoms with Crippen LogP contribution < -0.4 is 0 Å². The van der Waals surface area contributed by atoms with Gasteiger partial charge in [0.25, 0.3) is 0 Å². The summed E-state index contributed by atoms with van der Waals surface area (Å²) in [7, 11) is 3.83. The molecule has 2 nitrogen and oxygen atoms in total. The Morgan fingerprint density at radius 1 is 0.900 bits per heavy atom. The van der Waals surface area contributed by atoms with Crippen molar-refractivity contribution in [2.45, 2.75) is 0 Å². The van der Waals surface area contributed by atoms with Crippen LogP contribution in [0, 0.1) is 0 Å². The average Bonchev–Trinajstić information content (AvgIpc) is 2.43. The average molecular weight is 263 g/mol. The molecule has 0 heterocycles. The molecule has 0 atom stereocenters. The number of rotatable bonds is 3. The van der Waals surface area contributed by atoms with Gasteiger partial charge in [-0.3, -0.25) is 4.79 Å².